The first-order valence-electron chi connectivity index (χ1n) is 7.86. The van der Waals surface area contributed by atoms with Crippen molar-refractivity contribution < 1.29 is 9.84 Å². The molecule has 1 aliphatic rings. The van der Waals surface area contributed by atoms with Gasteiger partial charge in [-0.2, -0.15) is 0 Å². The summed E-state index contributed by atoms with van der Waals surface area (Å²) in [6.45, 7) is 5.07. The van der Waals surface area contributed by atoms with E-state index in [0.717, 1.165) is 22.7 Å². The molecular formula is C17H26ClNO2. The number of nitrogens with one attached hydrogen (secondary N) is 1. The average molecular weight is 312 g/mol. The van der Waals surface area contributed by atoms with Crippen molar-refractivity contribution in [3.8, 4) is 0 Å². The fourth-order valence-corrected chi connectivity index (χ4v) is 3.02. The van der Waals surface area contributed by atoms with Gasteiger partial charge in [-0.05, 0) is 43.4 Å². The lowest BCUT2D eigenvalue weighted by Crippen LogP contribution is -2.32. The van der Waals surface area contributed by atoms with E-state index in [1.54, 1.807) is 0 Å². The van der Waals surface area contributed by atoms with Crippen LogP contribution in [0.5, 0.6) is 0 Å². The van der Waals surface area contributed by atoms with E-state index in [-0.39, 0.29) is 0 Å². The molecule has 0 amide bonds. The first-order valence-corrected chi connectivity index (χ1v) is 8.24. The molecule has 0 radical (unpaired) electrons. The van der Waals surface area contributed by atoms with Crippen LogP contribution < -0.4 is 5.32 Å². The molecule has 2 rings (SSSR count). The minimum atomic E-state index is -0.502. The molecule has 0 bridgehead atoms. The lowest BCUT2D eigenvalue weighted by atomic mass is 9.88. The van der Waals surface area contributed by atoms with E-state index in [4.69, 9.17) is 16.3 Å². The van der Waals surface area contributed by atoms with Gasteiger partial charge >= 0.3 is 0 Å². The van der Waals surface area contributed by atoms with Crippen LogP contribution >= 0.6 is 11.6 Å². The molecule has 0 aromatic heterocycles. The maximum atomic E-state index is 10.1. The molecule has 1 saturated carbocycles. The molecule has 1 fully saturated rings. The zero-order valence-electron chi connectivity index (χ0n) is 12.9. The second kappa shape index (κ2) is 8.02. The summed E-state index contributed by atoms with van der Waals surface area (Å²) in [5.41, 5.74) is 1.97. The van der Waals surface area contributed by atoms with E-state index < -0.39 is 6.10 Å². The van der Waals surface area contributed by atoms with Crippen molar-refractivity contribution in [2.75, 3.05) is 18.5 Å². The van der Waals surface area contributed by atoms with Gasteiger partial charge in [-0.1, -0.05) is 37.4 Å². The van der Waals surface area contributed by atoms with Crippen LogP contribution in [0.3, 0.4) is 0 Å². The summed E-state index contributed by atoms with van der Waals surface area (Å²) >= 11 is 6.08. The van der Waals surface area contributed by atoms with Gasteiger partial charge in [0.15, 0.2) is 0 Å². The SMILES string of the molecule is Cc1c(Cl)cccc1NCC(O)COC1CCCCC1C. The number of ether oxygens (including phenoxy) is 1. The Kier molecular flexibility index (Phi) is 6.34. The maximum absolute atomic E-state index is 10.1. The molecule has 3 unspecified atom stereocenters. The minimum absolute atomic E-state index is 0.307. The molecule has 0 saturated heterocycles. The smallest absolute Gasteiger partial charge is 0.0945 e. The molecule has 118 valence electrons. The highest BCUT2D eigenvalue weighted by molar-refractivity contribution is 6.31. The van der Waals surface area contributed by atoms with Crippen LogP contribution in [0.2, 0.25) is 5.02 Å². The van der Waals surface area contributed by atoms with E-state index >= 15 is 0 Å². The number of benzene rings is 1. The Bertz CT molecular complexity index is 452. The Morgan fingerprint density at radius 1 is 1.38 bits per heavy atom. The standard InChI is InChI=1S/C17H26ClNO2/c1-12-6-3-4-9-17(12)21-11-14(20)10-19-16-8-5-7-15(18)13(16)2/h5,7-8,12,14,17,19-20H,3-4,6,9-11H2,1-2H3. The van der Waals surface area contributed by atoms with Gasteiger partial charge in [-0.15, -0.1) is 0 Å². The van der Waals surface area contributed by atoms with E-state index in [2.05, 4.69) is 12.2 Å². The highest BCUT2D eigenvalue weighted by Gasteiger charge is 2.22. The number of hydrogen-bond acceptors (Lipinski definition) is 3. The van der Waals surface area contributed by atoms with E-state index in [0.29, 0.717) is 25.2 Å². The van der Waals surface area contributed by atoms with Gasteiger partial charge in [0, 0.05) is 17.3 Å². The molecule has 1 aromatic rings. The third-order valence-corrected chi connectivity index (χ3v) is 4.74. The Morgan fingerprint density at radius 2 is 2.14 bits per heavy atom. The van der Waals surface area contributed by atoms with Crippen LogP contribution in [-0.2, 0) is 4.74 Å². The van der Waals surface area contributed by atoms with Gasteiger partial charge in [-0.3, -0.25) is 0 Å². The van der Waals surface area contributed by atoms with E-state index in [1.165, 1.54) is 19.3 Å². The highest BCUT2D eigenvalue weighted by Crippen LogP contribution is 2.26. The van der Waals surface area contributed by atoms with Gasteiger partial charge in [-0.25, -0.2) is 0 Å². The number of aliphatic hydroxyl groups excluding tert-OH is 1. The quantitative estimate of drug-likeness (QED) is 0.834. The Hall–Kier alpha value is -0.770. The summed E-state index contributed by atoms with van der Waals surface area (Å²) in [6.07, 6.45) is 4.71. The summed E-state index contributed by atoms with van der Waals surface area (Å²) in [5.74, 6) is 0.606. The molecule has 1 aliphatic carbocycles. The van der Waals surface area contributed by atoms with Gasteiger partial charge in [0.25, 0.3) is 0 Å². The van der Waals surface area contributed by atoms with Crippen molar-refractivity contribution in [1.82, 2.24) is 0 Å². The molecule has 2 N–H and O–H groups in total. The topological polar surface area (TPSA) is 41.5 Å². The Morgan fingerprint density at radius 3 is 2.90 bits per heavy atom. The number of rotatable bonds is 6. The van der Waals surface area contributed by atoms with Crippen LogP contribution in [-0.4, -0.2) is 30.5 Å². The average Bonchev–Trinajstić information content (AvgIpc) is 2.48. The first kappa shape index (κ1) is 16.6. The van der Waals surface area contributed by atoms with Crippen molar-refractivity contribution in [1.29, 1.82) is 0 Å². The molecule has 4 heteroatoms. The summed E-state index contributed by atoms with van der Waals surface area (Å²) in [4.78, 5) is 0. The fraction of sp³-hybridized carbons (Fsp3) is 0.647. The summed E-state index contributed by atoms with van der Waals surface area (Å²) in [5, 5.41) is 14.0. The fourth-order valence-electron chi connectivity index (χ4n) is 2.85. The zero-order valence-corrected chi connectivity index (χ0v) is 13.7. The molecule has 21 heavy (non-hydrogen) atoms. The molecule has 1 aromatic carbocycles. The molecule has 0 aliphatic heterocycles. The van der Waals surface area contributed by atoms with Crippen molar-refractivity contribution >= 4 is 17.3 Å². The van der Waals surface area contributed by atoms with Gasteiger partial charge < -0.3 is 15.2 Å². The summed E-state index contributed by atoms with van der Waals surface area (Å²) in [7, 11) is 0. The molecule has 3 atom stereocenters. The predicted octanol–water partition coefficient (Wildman–Crippen LogP) is 4.02. The molecular weight excluding hydrogens is 286 g/mol. The lowest BCUT2D eigenvalue weighted by molar-refractivity contribution is -0.0424. The second-order valence-electron chi connectivity index (χ2n) is 6.08. The van der Waals surface area contributed by atoms with Crippen LogP contribution in [0, 0.1) is 12.8 Å². The first-order chi connectivity index (χ1) is 10.1. The van der Waals surface area contributed by atoms with Crippen molar-refractivity contribution in [2.24, 2.45) is 5.92 Å². The Labute approximate surface area is 132 Å². The van der Waals surface area contributed by atoms with Crippen LogP contribution in [0.1, 0.15) is 38.2 Å². The summed E-state index contributed by atoms with van der Waals surface area (Å²) in [6, 6.07) is 5.74. The minimum Gasteiger partial charge on any atom is -0.389 e. The number of halogens is 1. The largest absolute Gasteiger partial charge is 0.389 e. The van der Waals surface area contributed by atoms with Crippen LogP contribution in [0.4, 0.5) is 5.69 Å². The summed E-state index contributed by atoms with van der Waals surface area (Å²) < 4.78 is 5.88. The number of aliphatic hydroxyl groups is 1. The maximum Gasteiger partial charge on any atom is 0.0945 e. The van der Waals surface area contributed by atoms with Crippen molar-refractivity contribution in [3.05, 3.63) is 28.8 Å². The lowest BCUT2D eigenvalue weighted by Gasteiger charge is -2.29. The van der Waals surface area contributed by atoms with Crippen molar-refractivity contribution in [3.63, 3.8) is 0 Å². The third-order valence-electron chi connectivity index (χ3n) is 4.33. The zero-order chi connectivity index (χ0) is 15.2. The molecule has 0 heterocycles. The number of anilines is 1. The van der Waals surface area contributed by atoms with Crippen molar-refractivity contribution in [2.45, 2.75) is 51.7 Å². The van der Waals surface area contributed by atoms with Gasteiger partial charge in [0.05, 0.1) is 18.8 Å². The highest BCUT2D eigenvalue weighted by atomic mass is 35.5. The third kappa shape index (κ3) is 4.87. The van der Waals surface area contributed by atoms with Gasteiger partial charge in [0.1, 0.15) is 0 Å². The Balaban J connectivity index is 1.74. The van der Waals surface area contributed by atoms with Gasteiger partial charge in [0.2, 0.25) is 0 Å². The van der Waals surface area contributed by atoms with E-state index in [1.807, 2.05) is 25.1 Å². The van der Waals surface area contributed by atoms with E-state index in [9.17, 15) is 5.11 Å². The monoisotopic (exact) mass is 311 g/mol. The number of hydrogen-bond donors (Lipinski definition) is 2. The normalized spacial score (nSPS) is 23.8. The second-order valence-corrected chi connectivity index (χ2v) is 6.49. The predicted molar refractivity (Wildman–Crippen MR) is 88.1 cm³/mol. The molecule has 3 nitrogen and oxygen atoms in total. The van der Waals surface area contributed by atoms with Crippen LogP contribution in [0.15, 0.2) is 18.2 Å². The molecule has 0 spiro atoms. The van der Waals surface area contributed by atoms with Crippen LogP contribution in [0.25, 0.3) is 0 Å².